The first-order valence-corrected chi connectivity index (χ1v) is 9.26. The Morgan fingerprint density at radius 3 is 2.75 bits per heavy atom. The first kappa shape index (κ1) is 19.5. The molecule has 1 saturated heterocycles. The van der Waals surface area contributed by atoms with E-state index in [0.29, 0.717) is 35.1 Å². The van der Waals surface area contributed by atoms with Crippen molar-refractivity contribution in [3.63, 3.8) is 0 Å². The Hall–Kier alpha value is -3.27. The summed E-state index contributed by atoms with van der Waals surface area (Å²) in [6, 6.07) is 10.9. The SMILES string of the molecule is COc1cc(OC)cc(C(=O)NC[C@H]2CCCN(c3ncccc3C#N)C2)c1. The van der Waals surface area contributed by atoms with Gasteiger partial charge in [-0.1, -0.05) is 0 Å². The van der Waals surface area contributed by atoms with Crippen LogP contribution in [0.15, 0.2) is 36.5 Å². The summed E-state index contributed by atoms with van der Waals surface area (Å²) in [6.45, 7) is 2.18. The van der Waals surface area contributed by atoms with E-state index >= 15 is 0 Å². The molecule has 146 valence electrons. The molecule has 0 saturated carbocycles. The monoisotopic (exact) mass is 380 g/mol. The van der Waals surface area contributed by atoms with Gasteiger partial charge in [0.15, 0.2) is 0 Å². The van der Waals surface area contributed by atoms with Crippen molar-refractivity contribution in [2.24, 2.45) is 5.92 Å². The zero-order valence-electron chi connectivity index (χ0n) is 16.1. The van der Waals surface area contributed by atoms with Crippen LogP contribution in [-0.2, 0) is 0 Å². The fourth-order valence-electron chi connectivity index (χ4n) is 3.44. The lowest BCUT2D eigenvalue weighted by molar-refractivity contribution is 0.0945. The van der Waals surface area contributed by atoms with Crippen molar-refractivity contribution in [2.45, 2.75) is 12.8 Å². The number of methoxy groups -OCH3 is 2. The summed E-state index contributed by atoms with van der Waals surface area (Å²) in [5, 5.41) is 12.3. The molecule has 1 aliphatic rings. The highest BCUT2D eigenvalue weighted by Crippen LogP contribution is 2.25. The number of amides is 1. The number of nitrogens with one attached hydrogen (secondary N) is 1. The van der Waals surface area contributed by atoms with E-state index in [1.54, 1.807) is 50.7 Å². The Kier molecular flexibility index (Phi) is 6.33. The Morgan fingerprint density at radius 2 is 2.07 bits per heavy atom. The average Bonchev–Trinajstić information content (AvgIpc) is 2.77. The van der Waals surface area contributed by atoms with E-state index in [9.17, 15) is 10.1 Å². The number of nitrogens with zero attached hydrogens (tertiary/aromatic N) is 3. The molecule has 1 atom stereocenters. The number of pyridine rings is 1. The van der Waals surface area contributed by atoms with Gasteiger partial charge in [-0.05, 0) is 43.0 Å². The summed E-state index contributed by atoms with van der Waals surface area (Å²) in [5.74, 6) is 2.00. The molecule has 2 heterocycles. The molecule has 1 aromatic carbocycles. The lowest BCUT2D eigenvalue weighted by Crippen LogP contribution is -2.41. The minimum Gasteiger partial charge on any atom is -0.497 e. The summed E-state index contributed by atoms with van der Waals surface area (Å²) >= 11 is 0. The first-order chi connectivity index (χ1) is 13.6. The van der Waals surface area contributed by atoms with E-state index in [-0.39, 0.29) is 5.91 Å². The molecule has 0 unspecified atom stereocenters. The van der Waals surface area contributed by atoms with Gasteiger partial charge in [0.2, 0.25) is 0 Å². The molecule has 0 spiro atoms. The summed E-state index contributed by atoms with van der Waals surface area (Å²) in [7, 11) is 3.11. The highest BCUT2D eigenvalue weighted by atomic mass is 16.5. The van der Waals surface area contributed by atoms with Crippen molar-refractivity contribution in [3.8, 4) is 17.6 Å². The van der Waals surface area contributed by atoms with Gasteiger partial charge in [0.1, 0.15) is 23.4 Å². The van der Waals surface area contributed by atoms with Gasteiger partial charge in [0.25, 0.3) is 5.91 Å². The lowest BCUT2D eigenvalue weighted by atomic mass is 9.97. The molecule has 0 aliphatic carbocycles. The maximum absolute atomic E-state index is 12.6. The van der Waals surface area contributed by atoms with E-state index < -0.39 is 0 Å². The van der Waals surface area contributed by atoms with Gasteiger partial charge >= 0.3 is 0 Å². The van der Waals surface area contributed by atoms with Crippen LogP contribution in [0, 0.1) is 17.2 Å². The number of hydrogen-bond acceptors (Lipinski definition) is 6. The van der Waals surface area contributed by atoms with Crippen LogP contribution in [0.2, 0.25) is 0 Å². The molecule has 1 fully saturated rings. The Balaban J connectivity index is 1.63. The van der Waals surface area contributed by atoms with E-state index in [1.165, 1.54) is 0 Å². The number of ether oxygens (including phenoxy) is 2. The fraction of sp³-hybridized carbons (Fsp3) is 0.381. The Bertz CT molecular complexity index is 856. The maximum Gasteiger partial charge on any atom is 0.251 e. The number of piperidine rings is 1. The molecule has 0 radical (unpaired) electrons. The minimum atomic E-state index is -0.162. The van der Waals surface area contributed by atoms with Crippen molar-refractivity contribution in [1.29, 1.82) is 5.26 Å². The van der Waals surface area contributed by atoms with Crippen LogP contribution >= 0.6 is 0 Å². The number of aromatic nitrogens is 1. The fourth-order valence-corrected chi connectivity index (χ4v) is 3.44. The van der Waals surface area contributed by atoms with Crippen LogP contribution in [0.4, 0.5) is 5.82 Å². The average molecular weight is 380 g/mol. The highest BCUT2D eigenvalue weighted by Gasteiger charge is 2.23. The highest BCUT2D eigenvalue weighted by molar-refractivity contribution is 5.95. The molecular formula is C21H24N4O3. The van der Waals surface area contributed by atoms with Crippen molar-refractivity contribution in [3.05, 3.63) is 47.7 Å². The minimum absolute atomic E-state index is 0.162. The van der Waals surface area contributed by atoms with Crippen molar-refractivity contribution in [2.75, 3.05) is 38.8 Å². The normalized spacial score (nSPS) is 16.2. The molecular weight excluding hydrogens is 356 g/mol. The number of carbonyl (C=O) groups is 1. The van der Waals surface area contributed by atoms with Crippen molar-refractivity contribution < 1.29 is 14.3 Å². The van der Waals surface area contributed by atoms with Gasteiger partial charge < -0.3 is 19.7 Å². The largest absolute Gasteiger partial charge is 0.497 e. The van der Waals surface area contributed by atoms with Crippen LogP contribution in [0.3, 0.4) is 0 Å². The number of hydrogen-bond donors (Lipinski definition) is 1. The number of nitriles is 1. The molecule has 0 bridgehead atoms. The van der Waals surface area contributed by atoms with Gasteiger partial charge in [-0.2, -0.15) is 5.26 Å². The smallest absolute Gasteiger partial charge is 0.251 e. The zero-order chi connectivity index (χ0) is 19.9. The summed E-state index contributed by atoms with van der Waals surface area (Å²) < 4.78 is 10.5. The van der Waals surface area contributed by atoms with Gasteiger partial charge in [0, 0.05) is 37.5 Å². The second-order valence-corrected chi connectivity index (χ2v) is 6.75. The standard InChI is InChI=1S/C21H24N4O3/c1-27-18-9-17(10-19(11-18)28-2)21(26)24-13-15-5-4-8-25(14-15)20-16(12-22)6-3-7-23-20/h3,6-7,9-11,15H,4-5,8,13-14H2,1-2H3,(H,24,26)/t15-/m1/s1. The van der Waals surface area contributed by atoms with Gasteiger partial charge in [-0.15, -0.1) is 0 Å². The third-order valence-electron chi connectivity index (χ3n) is 4.89. The van der Waals surface area contributed by atoms with Crippen molar-refractivity contribution >= 4 is 11.7 Å². The zero-order valence-corrected chi connectivity index (χ0v) is 16.1. The Morgan fingerprint density at radius 1 is 1.32 bits per heavy atom. The second-order valence-electron chi connectivity index (χ2n) is 6.75. The molecule has 3 rings (SSSR count). The molecule has 1 amide bonds. The lowest BCUT2D eigenvalue weighted by Gasteiger charge is -2.34. The van der Waals surface area contributed by atoms with Crippen LogP contribution in [0.25, 0.3) is 0 Å². The summed E-state index contributed by atoms with van der Waals surface area (Å²) in [5.41, 5.74) is 1.08. The van der Waals surface area contributed by atoms with E-state index in [0.717, 1.165) is 31.7 Å². The van der Waals surface area contributed by atoms with E-state index in [4.69, 9.17) is 9.47 Å². The quantitative estimate of drug-likeness (QED) is 0.829. The van der Waals surface area contributed by atoms with Crippen LogP contribution in [-0.4, -0.2) is 44.7 Å². The third kappa shape index (κ3) is 4.52. The number of carbonyl (C=O) groups excluding carboxylic acids is 1. The van der Waals surface area contributed by atoms with Crippen LogP contribution < -0.4 is 19.7 Å². The summed E-state index contributed by atoms with van der Waals surface area (Å²) in [6.07, 6.45) is 3.72. The second kappa shape index (κ2) is 9.09. The predicted molar refractivity (Wildman–Crippen MR) is 106 cm³/mol. The topological polar surface area (TPSA) is 87.5 Å². The molecule has 1 N–H and O–H groups in total. The third-order valence-corrected chi connectivity index (χ3v) is 4.89. The molecule has 7 heteroatoms. The number of anilines is 1. The Labute approximate surface area is 164 Å². The van der Waals surface area contributed by atoms with Gasteiger partial charge in [-0.25, -0.2) is 4.98 Å². The van der Waals surface area contributed by atoms with Crippen molar-refractivity contribution in [1.82, 2.24) is 10.3 Å². The van der Waals surface area contributed by atoms with E-state index in [2.05, 4.69) is 21.3 Å². The molecule has 7 nitrogen and oxygen atoms in total. The van der Waals surface area contributed by atoms with Crippen LogP contribution in [0.1, 0.15) is 28.8 Å². The first-order valence-electron chi connectivity index (χ1n) is 9.26. The number of rotatable bonds is 6. The molecule has 1 aliphatic heterocycles. The van der Waals surface area contributed by atoms with E-state index in [1.807, 2.05) is 0 Å². The van der Waals surface area contributed by atoms with Gasteiger partial charge in [0.05, 0.1) is 19.8 Å². The maximum atomic E-state index is 12.6. The molecule has 2 aromatic rings. The number of benzene rings is 1. The van der Waals surface area contributed by atoms with Gasteiger partial charge in [-0.3, -0.25) is 4.79 Å². The molecule has 1 aromatic heterocycles. The molecule has 28 heavy (non-hydrogen) atoms. The predicted octanol–water partition coefficient (Wildman–Crippen LogP) is 2.62. The van der Waals surface area contributed by atoms with Crippen LogP contribution in [0.5, 0.6) is 11.5 Å². The summed E-state index contributed by atoms with van der Waals surface area (Å²) in [4.78, 5) is 19.1.